The molecule has 1 atom stereocenters. The molecular weight excluding hydrogens is 254 g/mol. The van der Waals surface area contributed by atoms with Gasteiger partial charge in [0.1, 0.15) is 0 Å². The van der Waals surface area contributed by atoms with E-state index < -0.39 is 0 Å². The molecule has 0 fully saturated rings. The van der Waals surface area contributed by atoms with Crippen molar-refractivity contribution in [2.75, 3.05) is 0 Å². The topological polar surface area (TPSA) is 29.9 Å². The Hall–Kier alpha value is -0.350. The third-order valence-electron chi connectivity index (χ3n) is 2.60. The molecule has 0 saturated carbocycles. The predicted molar refractivity (Wildman–Crippen MR) is 66.9 cm³/mol. The fraction of sp³-hybridized carbons (Fsp3) is 0.727. The Bertz CT molecular complexity index is 320. The number of nitrogens with one attached hydrogen (secondary N) is 1. The quantitative estimate of drug-likeness (QED) is 0.894. The maximum absolute atomic E-state index is 4.36. The van der Waals surface area contributed by atoms with Crippen molar-refractivity contribution in [2.24, 2.45) is 7.05 Å². The van der Waals surface area contributed by atoms with Crippen molar-refractivity contribution >= 4 is 15.9 Å². The maximum Gasteiger partial charge on any atom is 0.0739 e. The summed E-state index contributed by atoms with van der Waals surface area (Å²) >= 11 is 3.57. The van der Waals surface area contributed by atoms with Gasteiger partial charge in [-0.15, -0.1) is 0 Å². The van der Waals surface area contributed by atoms with Crippen LogP contribution in [0.3, 0.4) is 0 Å². The highest BCUT2D eigenvalue weighted by Crippen LogP contribution is 2.19. The molecule has 0 spiro atoms. The van der Waals surface area contributed by atoms with Crippen molar-refractivity contribution in [2.45, 2.75) is 46.2 Å². The Kier molecular flexibility index (Phi) is 4.80. The van der Waals surface area contributed by atoms with Gasteiger partial charge in [0, 0.05) is 19.6 Å². The lowest BCUT2D eigenvalue weighted by molar-refractivity contribution is 0.494. The van der Waals surface area contributed by atoms with Gasteiger partial charge < -0.3 is 5.32 Å². The van der Waals surface area contributed by atoms with Crippen LogP contribution in [0.15, 0.2) is 4.47 Å². The number of hydrogen-bond donors (Lipinski definition) is 1. The molecule has 1 N–H and O–H groups in total. The first-order valence-corrected chi connectivity index (χ1v) is 6.26. The number of nitrogens with zero attached hydrogens (tertiary/aromatic N) is 2. The predicted octanol–water partition coefficient (Wildman–Crippen LogP) is 2.77. The summed E-state index contributed by atoms with van der Waals surface area (Å²) in [5, 5.41) is 7.87. The minimum atomic E-state index is 0.567. The minimum Gasteiger partial charge on any atom is -0.309 e. The highest BCUT2D eigenvalue weighted by Gasteiger charge is 2.10. The summed E-state index contributed by atoms with van der Waals surface area (Å²) in [6, 6.07) is 0.567. The number of hydrogen-bond acceptors (Lipinski definition) is 2. The van der Waals surface area contributed by atoms with Crippen LogP contribution in [0.25, 0.3) is 0 Å². The molecule has 3 nitrogen and oxygen atoms in total. The van der Waals surface area contributed by atoms with Crippen molar-refractivity contribution < 1.29 is 0 Å². The van der Waals surface area contributed by atoms with E-state index in [9.17, 15) is 0 Å². The standard InChI is InChI=1S/C11H20BrN3/c1-5-6-8(2)13-7-10-11(12)9(3)14-15(10)4/h8,13H,5-7H2,1-4H3. The Morgan fingerprint density at radius 3 is 2.67 bits per heavy atom. The Labute approximate surface area is 100 Å². The van der Waals surface area contributed by atoms with E-state index in [1.54, 1.807) is 0 Å². The van der Waals surface area contributed by atoms with Crippen LogP contribution in [-0.4, -0.2) is 15.8 Å². The first-order valence-electron chi connectivity index (χ1n) is 5.47. The molecule has 0 saturated heterocycles. The molecule has 4 heteroatoms. The summed E-state index contributed by atoms with van der Waals surface area (Å²) in [5.74, 6) is 0. The van der Waals surface area contributed by atoms with E-state index in [0.29, 0.717) is 6.04 Å². The van der Waals surface area contributed by atoms with Gasteiger partial charge >= 0.3 is 0 Å². The number of halogens is 1. The van der Waals surface area contributed by atoms with Crippen LogP contribution < -0.4 is 5.32 Å². The zero-order chi connectivity index (χ0) is 11.4. The molecule has 0 aliphatic carbocycles. The monoisotopic (exact) mass is 273 g/mol. The molecule has 1 heterocycles. The van der Waals surface area contributed by atoms with Crippen LogP contribution in [0.2, 0.25) is 0 Å². The van der Waals surface area contributed by atoms with E-state index in [1.165, 1.54) is 18.5 Å². The first kappa shape index (κ1) is 12.7. The molecule has 15 heavy (non-hydrogen) atoms. The van der Waals surface area contributed by atoms with Crippen LogP contribution in [0.1, 0.15) is 38.1 Å². The minimum absolute atomic E-state index is 0.567. The first-order chi connectivity index (χ1) is 7.06. The summed E-state index contributed by atoms with van der Waals surface area (Å²) in [5.41, 5.74) is 2.27. The maximum atomic E-state index is 4.36. The van der Waals surface area contributed by atoms with Gasteiger partial charge in [-0.25, -0.2) is 0 Å². The van der Waals surface area contributed by atoms with E-state index >= 15 is 0 Å². The fourth-order valence-electron chi connectivity index (χ4n) is 1.68. The van der Waals surface area contributed by atoms with Crippen molar-refractivity contribution in [3.63, 3.8) is 0 Å². The molecule has 0 amide bonds. The van der Waals surface area contributed by atoms with Crippen LogP contribution in [0.4, 0.5) is 0 Å². The molecule has 86 valence electrons. The van der Waals surface area contributed by atoms with Crippen LogP contribution >= 0.6 is 15.9 Å². The third-order valence-corrected chi connectivity index (χ3v) is 3.63. The molecular formula is C11H20BrN3. The van der Waals surface area contributed by atoms with Gasteiger partial charge in [0.05, 0.1) is 15.9 Å². The van der Waals surface area contributed by atoms with E-state index in [4.69, 9.17) is 0 Å². The lowest BCUT2D eigenvalue weighted by atomic mass is 10.2. The second kappa shape index (κ2) is 5.66. The van der Waals surface area contributed by atoms with E-state index in [0.717, 1.165) is 16.7 Å². The van der Waals surface area contributed by atoms with Crippen molar-refractivity contribution in [1.82, 2.24) is 15.1 Å². The second-order valence-corrected chi connectivity index (χ2v) is 4.83. The molecule has 0 bridgehead atoms. The SMILES string of the molecule is CCCC(C)NCc1c(Br)c(C)nn1C. The largest absolute Gasteiger partial charge is 0.309 e. The zero-order valence-electron chi connectivity index (χ0n) is 9.97. The molecule has 0 aliphatic heterocycles. The van der Waals surface area contributed by atoms with Crippen molar-refractivity contribution in [3.05, 3.63) is 15.9 Å². The number of rotatable bonds is 5. The Morgan fingerprint density at radius 1 is 1.53 bits per heavy atom. The van der Waals surface area contributed by atoms with E-state index in [2.05, 4.69) is 40.2 Å². The average molecular weight is 274 g/mol. The fourth-order valence-corrected chi connectivity index (χ4v) is 2.15. The van der Waals surface area contributed by atoms with Gasteiger partial charge in [0.2, 0.25) is 0 Å². The molecule has 1 aromatic rings. The van der Waals surface area contributed by atoms with Crippen LogP contribution in [-0.2, 0) is 13.6 Å². The normalized spacial score (nSPS) is 13.1. The summed E-state index contributed by atoms with van der Waals surface area (Å²) < 4.78 is 3.06. The average Bonchev–Trinajstić information content (AvgIpc) is 2.40. The molecule has 0 radical (unpaired) electrons. The summed E-state index contributed by atoms with van der Waals surface area (Å²) in [6.45, 7) is 7.32. The van der Waals surface area contributed by atoms with E-state index in [1.807, 2.05) is 18.7 Å². The summed E-state index contributed by atoms with van der Waals surface area (Å²) in [6.07, 6.45) is 2.44. The van der Waals surface area contributed by atoms with Gasteiger partial charge in [-0.05, 0) is 36.2 Å². The van der Waals surface area contributed by atoms with Gasteiger partial charge in [0.15, 0.2) is 0 Å². The summed E-state index contributed by atoms with van der Waals surface area (Å²) in [4.78, 5) is 0. The Morgan fingerprint density at radius 2 is 2.20 bits per heavy atom. The highest BCUT2D eigenvalue weighted by molar-refractivity contribution is 9.10. The Balaban J connectivity index is 2.57. The van der Waals surface area contributed by atoms with Crippen molar-refractivity contribution in [3.8, 4) is 0 Å². The van der Waals surface area contributed by atoms with Gasteiger partial charge in [-0.2, -0.15) is 5.10 Å². The highest BCUT2D eigenvalue weighted by atomic mass is 79.9. The van der Waals surface area contributed by atoms with Crippen LogP contribution in [0, 0.1) is 6.92 Å². The number of aryl methyl sites for hydroxylation is 2. The van der Waals surface area contributed by atoms with Crippen molar-refractivity contribution in [1.29, 1.82) is 0 Å². The molecule has 1 aromatic heterocycles. The van der Waals surface area contributed by atoms with Gasteiger partial charge in [-0.3, -0.25) is 4.68 Å². The third kappa shape index (κ3) is 3.31. The second-order valence-electron chi connectivity index (χ2n) is 4.04. The molecule has 1 unspecified atom stereocenters. The lowest BCUT2D eigenvalue weighted by Crippen LogP contribution is -2.26. The zero-order valence-corrected chi connectivity index (χ0v) is 11.6. The van der Waals surface area contributed by atoms with Gasteiger partial charge in [0.25, 0.3) is 0 Å². The summed E-state index contributed by atoms with van der Waals surface area (Å²) in [7, 11) is 1.99. The van der Waals surface area contributed by atoms with E-state index in [-0.39, 0.29) is 0 Å². The molecule has 0 aromatic carbocycles. The van der Waals surface area contributed by atoms with Crippen LogP contribution in [0.5, 0.6) is 0 Å². The lowest BCUT2D eigenvalue weighted by Gasteiger charge is -2.12. The van der Waals surface area contributed by atoms with Gasteiger partial charge in [-0.1, -0.05) is 13.3 Å². The smallest absolute Gasteiger partial charge is 0.0739 e. The molecule has 0 aliphatic rings. The molecule has 1 rings (SSSR count). The number of aromatic nitrogens is 2.